The number of benzene rings is 1. The number of carbonyl (C=O) groups is 1. The Kier molecular flexibility index (Phi) is 8.43. The van der Waals surface area contributed by atoms with Crippen molar-refractivity contribution in [2.45, 2.75) is 64.3 Å². The zero-order valence-electron chi connectivity index (χ0n) is 21.5. The summed E-state index contributed by atoms with van der Waals surface area (Å²) in [5.41, 5.74) is 0.571. The van der Waals surface area contributed by atoms with Crippen molar-refractivity contribution in [3.05, 3.63) is 48.2 Å². The molecule has 0 bridgehead atoms. The second kappa shape index (κ2) is 11.4. The number of amides is 1. The molecule has 2 fully saturated rings. The molecule has 1 N–H and O–H groups in total. The highest BCUT2D eigenvalue weighted by molar-refractivity contribution is 5.94. The molecule has 1 aromatic carbocycles. The highest BCUT2D eigenvalue weighted by Crippen LogP contribution is 2.39. The van der Waals surface area contributed by atoms with Crippen molar-refractivity contribution < 1.29 is 27.8 Å². The molecule has 0 radical (unpaired) electrons. The van der Waals surface area contributed by atoms with Crippen LogP contribution in [0, 0.1) is 5.41 Å². The molecule has 1 amide bonds. The van der Waals surface area contributed by atoms with Crippen LogP contribution in [0.3, 0.4) is 0 Å². The number of hydrogen-bond acceptors (Lipinski definition) is 5. The van der Waals surface area contributed by atoms with E-state index in [1.54, 1.807) is 29.3 Å². The second-order valence-electron chi connectivity index (χ2n) is 10.8. The number of piperidine rings is 2. The van der Waals surface area contributed by atoms with Crippen LogP contribution in [0.5, 0.6) is 5.88 Å². The Morgan fingerprint density at radius 1 is 1.03 bits per heavy atom. The van der Waals surface area contributed by atoms with Gasteiger partial charge < -0.3 is 14.7 Å². The Balaban J connectivity index is 1.34. The highest BCUT2D eigenvalue weighted by Gasteiger charge is 2.48. The summed E-state index contributed by atoms with van der Waals surface area (Å²) in [5, 5.41) is 9.84. The molecular formula is C28H36F3N3O3. The van der Waals surface area contributed by atoms with E-state index in [9.17, 15) is 23.1 Å². The van der Waals surface area contributed by atoms with Gasteiger partial charge in [-0.1, -0.05) is 18.6 Å². The highest BCUT2D eigenvalue weighted by atomic mass is 19.4. The summed E-state index contributed by atoms with van der Waals surface area (Å²) in [7, 11) is 0. The van der Waals surface area contributed by atoms with Crippen molar-refractivity contribution in [2.24, 2.45) is 5.41 Å². The summed E-state index contributed by atoms with van der Waals surface area (Å²) in [4.78, 5) is 20.7. The summed E-state index contributed by atoms with van der Waals surface area (Å²) in [5.74, 6) is 0.349. The third kappa shape index (κ3) is 6.82. The summed E-state index contributed by atoms with van der Waals surface area (Å²) >= 11 is 0. The molecule has 0 aliphatic carbocycles. The Hall–Kier alpha value is -2.65. The van der Waals surface area contributed by atoms with Crippen LogP contribution in [-0.2, 0) is 0 Å². The maximum atomic E-state index is 13.4. The van der Waals surface area contributed by atoms with E-state index in [-0.39, 0.29) is 18.5 Å². The molecule has 3 heterocycles. The number of β-amino-alcohol motifs (C(OH)–C–C–N with tert-alkyl or cyclic N) is 1. The van der Waals surface area contributed by atoms with Crippen LogP contribution in [-0.4, -0.2) is 76.9 Å². The standard InChI is InChI=1S/C28H36F3N3O3/c1-27(2,28(29,30)31)19-34-14-4-3-6-23(34)18-37-25-13-12-22(16-32-25)20-8-10-21(11-9-20)26(36)33-15-5-7-24(35)17-33/h8-13,16,23-24,35H,3-7,14-15,17-19H2,1-2H3/t23-,24?/m1/s1. The van der Waals surface area contributed by atoms with Crippen LogP contribution in [0.25, 0.3) is 11.1 Å². The Bertz CT molecular complexity index is 1040. The van der Waals surface area contributed by atoms with Gasteiger partial charge in [0.2, 0.25) is 5.88 Å². The van der Waals surface area contributed by atoms with E-state index in [0.29, 0.717) is 37.7 Å². The first-order valence-electron chi connectivity index (χ1n) is 13.0. The van der Waals surface area contributed by atoms with Gasteiger partial charge in [-0.3, -0.25) is 9.69 Å². The number of aromatic nitrogens is 1. The van der Waals surface area contributed by atoms with E-state index in [0.717, 1.165) is 43.2 Å². The maximum Gasteiger partial charge on any atom is 0.395 e. The maximum absolute atomic E-state index is 13.4. The minimum Gasteiger partial charge on any atom is -0.476 e. The van der Waals surface area contributed by atoms with Gasteiger partial charge in [-0.15, -0.1) is 0 Å². The average Bonchev–Trinajstić information content (AvgIpc) is 2.87. The van der Waals surface area contributed by atoms with E-state index in [1.165, 1.54) is 13.8 Å². The smallest absolute Gasteiger partial charge is 0.395 e. The van der Waals surface area contributed by atoms with Crippen molar-refractivity contribution in [1.29, 1.82) is 0 Å². The molecule has 2 aromatic rings. The predicted molar refractivity (Wildman–Crippen MR) is 135 cm³/mol. The Morgan fingerprint density at radius 3 is 2.41 bits per heavy atom. The molecule has 6 nitrogen and oxygen atoms in total. The number of ether oxygens (including phenoxy) is 1. The van der Waals surface area contributed by atoms with E-state index < -0.39 is 17.7 Å². The van der Waals surface area contributed by atoms with Gasteiger partial charge in [-0.2, -0.15) is 13.2 Å². The first kappa shape index (κ1) is 27.4. The summed E-state index contributed by atoms with van der Waals surface area (Å²) in [6.45, 7) is 4.40. The van der Waals surface area contributed by atoms with Crippen molar-refractivity contribution in [1.82, 2.24) is 14.8 Å². The molecule has 2 atom stereocenters. The van der Waals surface area contributed by atoms with Gasteiger partial charge in [0.05, 0.1) is 11.5 Å². The van der Waals surface area contributed by atoms with Crippen molar-refractivity contribution in [3.8, 4) is 17.0 Å². The summed E-state index contributed by atoms with van der Waals surface area (Å²) < 4.78 is 46.1. The topological polar surface area (TPSA) is 65.9 Å². The van der Waals surface area contributed by atoms with Crippen LogP contribution in [0.1, 0.15) is 56.3 Å². The summed E-state index contributed by atoms with van der Waals surface area (Å²) in [6.07, 6.45) is 1.17. The number of hydrogen-bond donors (Lipinski definition) is 1. The van der Waals surface area contributed by atoms with Crippen LogP contribution in [0.15, 0.2) is 42.6 Å². The van der Waals surface area contributed by atoms with Crippen molar-refractivity contribution in [3.63, 3.8) is 0 Å². The van der Waals surface area contributed by atoms with E-state index >= 15 is 0 Å². The lowest BCUT2D eigenvalue weighted by molar-refractivity contribution is -0.219. The van der Waals surface area contributed by atoms with Crippen molar-refractivity contribution in [2.75, 3.05) is 32.8 Å². The van der Waals surface area contributed by atoms with Gasteiger partial charge in [0.15, 0.2) is 0 Å². The Morgan fingerprint density at radius 2 is 1.76 bits per heavy atom. The number of pyridine rings is 1. The average molecular weight is 520 g/mol. The molecule has 1 unspecified atom stereocenters. The molecule has 0 spiro atoms. The molecule has 37 heavy (non-hydrogen) atoms. The van der Waals surface area contributed by atoms with E-state index in [2.05, 4.69) is 4.98 Å². The number of alkyl halides is 3. The third-order valence-corrected chi connectivity index (χ3v) is 7.42. The fraction of sp³-hybridized carbons (Fsp3) is 0.571. The number of halogens is 3. The fourth-order valence-electron chi connectivity index (χ4n) is 5.00. The minimum absolute atomic E-state index is 0.0479. The lowest BCUT2D eigenvalue weighted by Gasteiger charge is -2.40. The molecule has 1 aromatic heterocycles. The number of aliphatic hydroxyl groups excluding tert-OH is 1. The first-order chi connectivity index (χ1) is 17.5. The van der Waals surface area contributed by atoms with Crippen LogP contribution in [0.2, 0.25) is 0 Å². The third-order valence-electron chi connectivity index (χ3n) is 7.42. The van der Waals surface area contributed by atoms with Crippen LogP contribution in [0.4, 0.5) is 13.2 Å². The van der Waals surface area contributed by atoms with E-state index in [1.807, 2.05) is 23.1 Å². The monoisotopic (exact) mass is 519 g/mol. The lowest BCUT2D eigenvalue weighted by Crippen LogP contribution is -2.50. The number of aliphatic hydroxyl groups is 1. The largest absolute Gasteiger partial charge is 0.476 e. The number of carbonyl (C=O) groups excluding carboxylic acids is 1. The van der Waals surface area contributed by atoms with Gasteiger partial charge >= 0.3 is 6.18 Å². The lowest BCUT2D eigenvalue weighted by atomic mass is 9.89. The van der Waals surface area contributed by atoms with Crippen LogP contribution >= 0.6 is 0 Å². The normalized spacial score (nSPS) is 21.6. The SMILES string of the molecule is CC(C)(CN1CCCC[C@@H]1COc1ccc(-c2ccc(C(=O)N3CCCC(O)C3)cc2)cn1)C(F)(F)F. The second-order valence-corrected chi connectivity index (χ2v) is 10.8. The van der Waals surface area contributed by atoms with Crippen molar-refractivity contribution >= 4 is 5.91 Å². The quantitative estimate of drug-likeness (QED) is 0.547. The zero-order chi connectivity index (χ0) is 26.6. The molecule has 0 saturated carbocycles. The number of nitrogens with zero attached hydrogens (tertiary/aromatic N) is 3. The van der Waals surface area contributed by atoms with Crippen LogP contribution < -0.4 is 4.74 Å². The fourth-order valence-corrected chi connectivity index (χ4v) is 5.00. The molecule has 2 aliphatic heterocycles. The predicted octanol–water partition coefficient (Wildman–Crippen LogP) is 5.17. The molecule has 2 aliphatic rings. The minimum atomic E-state index is -4.26. The number of rotatable bonds is 7. The summed E-state index contributed by atoms with van der Waals surface area (Å²) in [6, 6.07) is 10.9. The molecule has 2 saturated heterocycles. The number of likely N-dealkylation sites (tertiary alicyclic amines) is 2. The van der Waals surface area contributed by atoms with Gasteiger partial charge in [0.1, 0.15) is 6.61 Å². The molecule has 9 heteroatoms. The zero-order valence-corrected chi connectivity index (χ0v) is 21.5. The van der Waals surface area contributed by atoms with Gasteiger partial charge in [-0.05, 0) is 69.8 Å². The molecular weight excluding hydrogens is 483 g/mol. The molecule has 4 rings (SSSR count). The van der Waals surface area contributed by atoms with Gasteiger partial charge in [-0.25, -0.2) is 4.98 Å². The Labute approximate surface area is 216 Å². The first-order valence-corrected chi connectivity index (χ1v) is 13.0. The molecule has 202 valence electrons. The van der Waals surface area contributed by atoms with Gasteiger partial charge in [0.25, 0.3) is 5.91 Å². The van der Waals surface area contributed by atoms with Gasteiger partial charge in [0, 0.05) is 49.1 Å². The van der Waals surface area contributed by atoms with E-state index in [4.69, 9.17) is 4.74 Å².